The van der Waals surface area contributed by atoms with Gasteiger partial charge >= 0.3 is 6.18 Å². The Hall–Kier alpha value is -4.02. The number of methoxy groups -OCH3 is 1. The van der Waals surface area contributed by atoms with Crippen molar-refractivity contribution in [3.8, 4) is 34.4 Å². The second-order valence-corrected chi connectivity index (χ2v) is 9.68. The summed E-state index contributed by atoms with van der Waals surface area (Å²) in [6.07, 6.45) is 4.11. The summed E-state index contributed by atoms with van der Waals surface area (Å²) in [6.45, 7) is 0.178. The molecule has 0 spiro atoms. The van der Waals surface area contributed by atoms with Crippen LogP contribution < -0.4 is 9.47 Å². The Morgan fingerprint density at radius 2 is 1.61 bits per heavy atom. The molecule has 6 rings (SSSR count). The SMILES string of the molecule is COc1cnc(-c2c(C3CC3)ncnc2C2CC2)nc1OCc1ccc(-c2nc(C(F)(F)F)cn2C)cc1. The summed E-state index contributed by atoms with van der Waals surface area (Å²) in [4.78, 5) is 22.2. The molecule has 0 amide bonds. The molecule has 2 aliphatic carbocycles. The Kier molecular flexibility index (Phi) is 6.00. The molecular formula is C27H25F3N6O2. The standard InChI is InChI=1S/C27H25F3N6O2/c1-36-12-20(27(28,29)30)34-25(36)18-5-3-15(4-6-18)13-38-26-19(37-2)11-31-24(35-26)21-22(16-7-8-16)32-14-33-23(21)17-9-10-17/h3-6,11-12,14,16-17H,7-10,13H2,1-2H3. The van der Waals surface area contributed by atoms with Crippen molar-refractivity contribution in [2.45, 2.75) is 50.3 Å². The zero-order chi connectivity index (χ0) is 26.4. The van der Waals surface area contributed by atoms with Gasteiger partial charge in [0, 0.05) is 30.6 Å². The molecule has 11 heteroatoms. The molecule has 0 N–H and O–H groups in total. The third-order valence-corrected chi connectivity index (χ3v) is 6.75. The highest BCUT2D eigenvalue weighted by atomic mass is 19.4. The van der Waals surface area contributed by atoms with Crippen LogP contribution >= 0.6 is 0 Å². The van der Waals surface area contributed by atoms with Crippen LogP contribution in [0.1, 0.15) is 60.2 Å². The maximum atomic E-state index is 13.0. The molecule has 3 aromatic heterocycles. The zero-order valence-corrected chi connectivity index (χ0v) is 20.9. The number of aryl methyl sites for hydroxylation is 1. The maximum absolute atomic E-state index is 13.0. The Morgan fingerprint density at radius 1 is 0.947 bits per heavy atom. The monoisotopic (exact) mass is 522 g/mol. The van der Waals surface area contributed by atoms with E-state index in [2.05, 4.69) is 19.9 Å². The molecule has 2 aliphatic rings. The van der Waals surface area contributed by atoms with E-state index in [1.54, 1.807) is 36.8 Å². The Labute approximate surface area is 216 Å². The van der Waals surface area contributed by atoms with E-state index in [0.717, 1.165) is 54.4 Å². The van der Waals surface area contributed by atoms with Gasteiger partial charge in [0.05, 0.1) is 30.3 Å². The van der Waals surface area contributed by atoms with Gasteiger partial charge in [0.15, 0.2) is 17.3 Å². The lowest BCUT2D eigenvalue weighted by Gasteiger charge is -2.14. The van der Waals surface area contributed by atoms with Crippen LogP contribution in [0.2, 0.25) is 0 Å². The van der Waals surface area contributed by atoms with E-state index in [1.807, 2.05) is 0 Å². The normalized spacial score (nSPS) is 15.5. The topological polar surface area (TPSA) is 87.8 Å². The molecule has 0 radical (unpaired) electrons. The van der Waals surface area contributed by atoms with Crippen molar-refractivity contribution in [1.82, 2.24) is 29.5 Å². The number of rotatable bonds is 8. The van der Waals surface area contributed by atoms with Gasteiger partial charge in [-0.1, -0.05) is 24.3 Å². The first-order chi connectivity index (χ1) is 18.3. The summed E-state index contributed by atoms with van der Waals surface area (Å²) in [6, 6.07) is 7.00. The Bertz CT molecular complexity index is 1450. The predicted octanol–water partition coefficient (Wildman–Crippen LogP) is 5.70. The predicted molar refractivity (Wildman–Crippen MR) is 132 cm³/mol. The quantitative estimate of drug-likeness (QED) is 0.294. The second kappa shape index (κ2) is 9.38. The van der Waals surface area contributed by atoms with Crippen LogP contribution in [0.5, 0.6) is 11.6 Å². The summed E-state index contributed by atoms with van der Waals surface area (Å²) in [5.74, 6) is 2.27. The van der Waals surface area contributed by atoms with E-state index in [-0.39, 0.29) is 12.4 Å². The lowest BCUT2D eigenvalue weighted by Crippen LogP contribution is -2.06. The molecule has 0 saturated heterocycles. The van der Waals surface area contributed by atoms with Gasteiger partial charge in [0.2, 0.25) is 0 Å². The van der Waals surface area contributed by atoms with Gasteiger partial charge in [-0.2, -0.15) is 18.2 Å². The first-order valence-corrected chi connectivity index (χ1v) is 12.4. The van der Waals surface area contributed by atoms with Crippen LogP contribution in [0.4, 0.5) is 13.2 Å². The van der Waals surface area contributed by atoms with Gasteiger partial charge in [-0.25, -0.2) is 19.9 Å². The minimum absolute atomic E-state index is 0.178. The van der Waals surface area contributed by atoms with Crippen molar-refractivity contribution in [3.05, 3.63) is 65.6 Å². The summed E-state index contributed by atoms with van der Waals surface area (Å²) in [5.41, 5.74) is 3.35. The zero-order valence-electron chi connectivity index (χ0n) is 20.9. The van der Waals surface area contributed by atoms with Crippen LogP contribution in [-0.4, -0.2) is 36.6 Å². The number of hydrogen-bond donors (Lipinski definition) is 0. The third-order valence-electron chi connectivity index (χ3n) is 6.75. The maximum Gasteiger partial charge on any atom is 0.434 e. The number of imidazole rings is 1. The number of benzene rings is 1. The van der Waals surface area contributed by atoms with Crippen LogP contribution in [0.15, 0.2) is 43.0 Å². The van der Waals surface area contributed by atoms with Crippen LogP contribution in [0.25, 0.3) is 22.8 Å². The number of ether oxygens (including phenoxy) is 2. The van der Waals surface area contributed by atoms with Crippen LogP contribution in [0, 0.1) is 0 Å². The van der Waals surface area contributed by atoms with Gasteiger partial charge in [0.25, 0.3) is 5.88 Å². The molecule has 3 heterocycles. The number of nitrogens with zero attached hydrogens (tertiary/aromatic N) is 6. The average Bonchev–Trinajstić information content (AvgIpc) is 3.84. The summed E-state index contributed by atoms with van der Waals surface area (Å²) >= 11 is 0. The average molecular weight is 523 g/mol. The Morgan fingerprint density at radius 3 is 2.16 bits per heavy atom. The first kappa shape index (κ1) is 24.3. The lowest BCUT2D eigenvalue weighted by atomic mass is 10.0. The fourth-order valence-corrected chi connectivity index (χ4v) is 4.47. The molecule has 0 aliphatic heterocycles. The fraction of sp³-hybridized carbons (Fsp3) is 0.370. The van der Waals surface area contributed by atoms with Crippen molar-refractivity contribution >= 4 is 0 Å². The third kappa shape index (κ3) is 4.80. The minimum Gasteiger partial charge on any atom is -0.490 e. The largest absolute Gasteiger partial charge is 0.490 e. The molecule has 0 atom stereocenters. The van der Waals surface area contributed by atoms with Crippen molar-refractivity contribution in [3.63, 3.8) is 0 Å². The van der Waals surface area contributed by atoms with E-state index >= 15 is 0 Å². The highest BCUT2D eigenvalue weighted by Gasteiger charge is 2.36. The summed E-state index contributed by atoms with van der Waals surface area (Å²) in [5, 5.41) is 0. The van der Waals surface area contributed by atoms with E-state index in [4.69, 9.17) is 14.5 Å². The molecule has 8 nitrogen and oxygen atoms in total. The van der Waals surface area contributed by atoms with Gasteiger partial charge in [-0.05, 0) is 31.2 Å². The smallest absolute Gasteiger partial charge is 0.434 e. The van der Waals surface area contributed by atoms with Crippen molar-refractivity contribution in [2.24, 2.45) is 7.05 Å². The van der Waals surface area contributed by atoms with Crippen molar-refractivity contribution < 1.29 is 22.6 Å². The van der Waals surface area contributed by atoms with E-state index in [1.165, 1.54) is 18.7 Å². The van der Waals surface area contributed by atoms with E-state index in [0.29, 0.717) is 34.9 Å². The minimum atomic E-state index is -4.50. The van der Waals surface area contributed by atoms with Crippen LogP contribution in [0.3, 0.4) is 0 Å². The molecular weight excluding hydrogens is 497 g/mol. The highest BCUT2D eigenvalue weighted by Crippen LogP contribution is 2.48. The molecule has 38 heavy (non-hydrogen) atoms. The van der Waals surface area contributed by atoms with Crippen molar-refractivity contribution in [2.75, 3.05) is 7.11 Å². The van der Waals surface area contributed by atoms with Gasteiger partial charge in [-0.3, -0.25) is 0 Å². The van der Waals surface area contributed by atoms with E-state index in [9.17, 15) is 13.2 Å². The summed E-state index contributed by atoms with van der Waals surface area (Å²) < 4.78 is 51.9. The van der Waals surface area contributed by atoms with Gasteiger partial charge < -0.3 is 14.0 Å². The van der Waals surface area contributed by atoms with Gasteiger partial charge in [0.1, 0.15) is 18.8 Å². The second-order valence-electron chi connectivity index (χ2n) is 9.68. The number of aromatic nitrogens is 6. The molecule has 4 aromatic rings. The first-order valence-electron chi connectivity index (χ1n) is 12.4. The highest BCUT2D eigenvalue weighted by molar-refractivity contribution is 5.65. The van der Waals surface area contributed by atoms with E-state index < -0.39 is 11.9 Å². The lowest BCUT2D eigenvalue weighted by molar-refractivity contribution is -0.140. The number of halogens is 3. The molecule has 2 fully saturated rings. The molecule has 0 unspecified atom stereocenters. The molecule has 0 bridgehead atoms. The fourth-order valence-electron chi connectivity index (χ4n) is 4.47. The van der Waals surface area contributed by atoms with Gasteiger partial charge in [-0.15, -0.1) is 0 Å². The number of hydrogen-bond acceptors (Lipinski definition) is 7. The molecule has 196 valence electrons. The summed E-state index contributed by atoms with van der Waals surface area (Å²) in [7, 11) is 3.06. The molecule has 2 saturated carbocycles. The molecule has 1 aromatic carbocycles. The number of alkyl halides is 3. The van der Waals surface area contributed by atoms with Crippen LogP contribution in [-0.2, 0) is 19.8 Å². The van der Waals surface area contributed by atoms with Crippen molar-refractivity contribution in [1.29, 1.82) is 0 Å². The Balaban J connectivity index is 1.24.